The summed E-state index contributed by atoms with van der Waals surface area (Å²) in [4.78, 5) is 2.28. The molecule has 3 rings (SSSR count). The Hall–Kier alpha value is -1.14. The van der Waals surface area contributed by atoms with E-state index in [0.717, 1.165) is 41.1 Å². The number of nitrogens with zero attached hydrogens (tertiary/aromatic N) is 3. The Kier molecular flexibility index (Phi) is 4.41. The van der Waals surface area contributed by atoms with Crippen molar-refractivity contribution in [1.29, 1.82) is 0 Å². The van der Waals surface area contributed by atoms with Crippen LogP contribution in [-0.4, -0.2) is 50.2 Å². The highest BCUT2D eigenvalue weighted by Gasteiger charge is 2.29. The van der Waals surface area contributed by atoms with Gasteiger partial charge in [-0.05, 0) is 37.9 Å². The second kappa shape index (κ2) is 6.16. The molecule has 1 saturated heterocycles. The highest BCUT2D eigenvalue weighted by atomic mass is 35.5. The quantitative estimate of drug-likeness (QED) is 0.906. The number of benzene rings is 1. The maximum atomic E-state index is 10.2. The van der Waals surface area contributed by atoms with Crippen molar-refractivity contribution in [2.24, 2.45) is 7.05 Å². The van der Waals surface area contributed by atoms with Crippen molar-refractivity contribution < 1.29 is 10.2 Å². The molecule has 1 fully saturated rings. The fraction of sp³-hybridized carbons (Fsp3) is 0.562. The van der Waals surface area contributed by atoms with Gasteiger partial charge in [-0.25, -0.2) is 0 Å². The zero-order valence-corrected chi connectivity index (χ0v) is 13.6. The standard InChI is InChI=1S/C16H22ClN3O2/c1-19-14-5-2-4-12(17)15(14)13(18-19)10-20-8-3-6-16(22,11-21)7-9-20/h2,4-5,21-22H,3,6-11H2,1H3/t16-/m1/s1. The van der Waals surface area contributed by atoms with Gasteiger partial charge in [0.25, 0.3) is 0 Å². The van der Waals surface area contributed by atoms with E-state index in [-0.39, 0.29) is 6.61 Å². The summed E-state index contributed by atoms with van der Waals surface area (Å²) in [6.07, 6.45) is 2.10. The van der Waals surface area contributed by atoms with E-state index in [0.29, 0.717) is 19.4 Å². The van der Waals surface area contributed by atoms with Crippen molar-refractivity contribution in [2.75, 3.05) is 19.7 Å². The lowest BCUT2D eigenvalue weighted by atomic mass is 9.96. The molecular weight excluding hydrogens is 302 g/mol. The monoisotopic (exact) mass is 323 g/mol. The van der Waals surface area contributed by atoms with Crippen LogP contribution in [0.25, 0.3) is 10.9 Å². The van der Waals surface area contributed by atoms with E-state index < -0.39 is 5.60 Å². The average molecular weight is 324 g/mol. The summed E-state index contributed by atoms with van der Waals surface area (Å²) < 4.78 is 1.86. The van der Waals surface area contributed by atoms with Gasteiger partial charge < -0.3 is 10.2 Å². The Morgan fingerprint density at radius 2 is 2.14 bits per heavy atom. The smallest absolute Gasteiger partial charge is 0.0890 e. The number of likely N-dealkylation sites (tertiary alicyclic amines) is 1. The molecule has 1 aliphatic heterocycles. The minimum Gasteiger partial charge on any atom is -0.393 e. The lowest BCUT2D eigenvalue weighted by molar-refractivity contribution is -0.0255. The van der Waals surface area contributed by atoms with Gasteiger partial charge in [-0.2, -0.15) is 5.10 Å². The molecule has 0 radical (unpaired) electrons. The second-order valence-electron chi connectivity index (χ2n) is 6.22. The summed E-state index contributed by atoms with van der Waals surface area (Å²) in [5, 5.41) is 25.9. The SMILES string of the molecule is Cn1nc(CN2CCC[C@](O)(CO)CC2)c2c(Cl)cccc21. The predicted octanol–water partition coefficient (Wildman–Crippen LogP) is 1.94. The molecule has 0 bridgehead atoms. The molecule has 1 aromatic carbocycles. The molecule has 2 heterocycles. The first-order valence-corrected chi connectivity index (χ1v) is 8.06. The number of rotatable bonds is 3. The summed E-state index contributed by atoms with van der Waals surface area (Å²) >= 11 is 6.35. The Labute approximate surface area is 135 Å². The summed E-state index contributed by atoms with van der Waals surface area (Å²) in [6, 6.07) is 5.84. The average Bonchev–Trinajstić information content (AvgIpc) is 2.70. The van der Waals surface area contributed by atoms with Crippen LogP contribution in [0.5, 0.6) is 0 Å². The van der Waals surface area contributed by atoms with Crippen molar-refractivity contribution in [3.05, 3.63) is 28.9 Å². The summed E-state index contributed by atoms with van der Waals surface area (Å²) in [7, 11) is 1.93. The van der Waals surface area contributed by atoms with Crippen LogP contribution in [0, 0.1) is 0 Å². The lowest BCUT2D eigenvalue weighted by Gasteiger charge is -2.24. The fourth-order valence-corrected chi connectivity index (χ4v) is 3.51. The molecule has 0 spiro atoms. The van der Waals surface area contributed by atoms with E-state index >= 15 is 0 Å². The first-order chi connectivity index (χ1) is 10.5. The van der Waals surface area contributed by atoms with Crippen LogP contribution >= 0.6 is 11.6 Å². The van der Waals surface area contributed by atoms with E-state index in [2.05, 4.69) is 10.00 Å². The topological polar surface area (TPSA) is 61.5 Å². The van der Waals surface area contributed by atoms with Crippen LogP contribution in [0.15, 0.2) is 18.2 Å². The number of aryl methyl sites for hydroxylation is 1. The van der Waals surface area contributed by atoms with Gasteiger partial charge in [-0.3, -0.25) is 9.58 Å². The second-order valence-corrected chi connectivity index (χ2v) is 6.62. The van der Waals surface area contributed by atoms with Crippen molar-refractivity contribution in [2.45, 2.75) is 31.4 Å². The van der Waals surface area contributed by atoms with E-state index in [4.69, 9.17) is 11.6 Å². The van der Waals surface area contributed by atoms with Gasteiger partial charge in [-0.15, -0.1) is 0 Å². The summed E-state index contributed by atoms with van der Waals surface area (Å²) in [5.41, 5.74) is 1.07. The number of aliphatic hydroxyl groups excluding tert-OH is 1. The lowest BCUT2D eigenvalue weighted by Crippen LogP contribution is -2.34. The number of aromatic nitrogens is 2. The van der Waals surface area contributed by atoms with Gasteiger partial charge in [0.15, 0.2) is 0 Å². The van der Waals surface area contributed by atoms with Crippen LogP contribution in [0.2, 0.25) is 5.02 Å². The van der Waals surface area contributed by atoms with Crippen LogP contribution in [0.4, 0.5) is 0 Å². The minimum absolute atomic E-state index is 0.167. The van der Waals surface area contributed by atoms with Crippen LogP contribution in [0.3, 0.4) is 0 Å². The fourth-order valence-electron chi connectivity index (χ4n) is 3.23. The predicted molar refractivity (Wildman–Crippen MR) is 86.9 cm³/mol. The Morgan fingerprint density at radius 1 is 1.32 bits per heavy atom. The molecule has 0 aliphatic carbocycles. The third kappa shape index (κ3) is 2.99. The molecule has 0 saturated carbocycles. The summed E-state index contributed by atoms with van der Waals surface area (Å²) in [6.45, 7) is 2.19. The highest BCUT2D eigenvalue weighted by molar-refractivity contribution is 6.35. The number of fused-ring (bicyclic) bond motifs is 1. The van der Waals surface area contributed by atoms with E-state index in [1.165, 1.54) is 0 Å². The van der Waals surface area contributed by atoms with Crippen LogP contribution < -0.4 is 0 Å². The van der Waals surface area contributed by atoms with Gasteiger partial charge in [0, 0.05) is 25.5 Å². The molecular formula is C16H22ClN3O2. The first kappa shape index (κ1) is 15.7. The van der Waals surface area contributed by atoms with Gasteiger partial charge in [-0.1, -0.05) is 17.7 Å². The van der Waals surface area contributed by atoms with Crippen LogP contribution in [-0.2, 0) is 13.6 Å². The van der Waals surface area contributed by atoms with Gasteiger partial charge in [0.1, 0.15) is 0 Å². The number of aliphatic hydroxyl groups is 2. The van der Waals surface area contributed by atoms with Crippen molar-refractivity contribution in [1.82, 2.24) is 14.7 Å². The Balaban J connectivity index is 1.82. The Bertz CT molecular complexity index is 673. The van der Waals surface area contributed by atoms with Gasteiger partial charge in [0.2, 0.25) is 0 Å². The molecule has 2 aromatic rings. The first-order valence-electron chi connectivity index (χ1n) is 7.68. The largest absolute Gasteiger partial charge is 0.393 e. The highest BCUT2D eigenvalue weighted by Crippen LogP contribution is 2.28. The van der Waals surface area contributed by atoms with E-state index in [1.807, 2.05) is 29.9 Å². The van der Waals surface area contributed by atoms with Crippen molar-refractivity contribution in [3.8, 4) is 0 Å². The molecule has 22 heavy (non-hydrogen) atoms. The molecule has 0 amide bonds. The molecule has 0 unspecified atom stereocenters. The summed E-state index contributed by atoms with van der Waals surface area (Å²) in [5.74, 6) is 0. The Morgan fingerprint density at radius 3 is 2.91 bits per heavy atom. The number of hydrogen-bond acceptors (Lipinski definition) is 4. The van der Waals surface area contributed by atoms with E-state index in [9.17, 15) is 10.2 Å². The van der Waals surface area contributed by atoms with Gasteiger partial charge >= 0.3 is 0 Å². The zero-order valence-electron chi connectivity index (χ0n) is 12.8. The molecule has 1 aliphatic rings. The maximum Gasteiger partial charge on any atom is 0.0890 e. The van der Waals surface area contributed by atoms with Crippen molar-refractivity contribution >= 4 is 22.5 Å². The van der Waals surface area contributed by atoms with Crippen LogP contribution in [0.1, 0.15) is 25.0 Å². The third-order valence-electron chi connectivity index (χ3n) is 4.58. The normalized spacial score (nSPS) is 23.8. The van der Waals surface area contributed by atoms with Crippen molar-refractivity contribution in [3.63, 3.8) is 0 Å². The molecule has 120 valence electrons. The maximum absolute atomic E-state index is 10.2. The molecule has 2 N–H and O–H groups in total. The van der Waals surface area contributed by atoms with Gasteiger partial charge in [0.05, 0.1) is 28.4 Å². The van der Waals surface area contributed by atoms with E-state index in [1.54, 1.807) is 0 Å². The number of halogens is 1. The molecule has 5 nitrogen and oxygen atoms in total. The molecule has 6 heteroatoms. The minimum atomic E-state index is -0.932. The third-order valence-corrected chi connectivity index (χ3v) is 4.89. The number of hydrogen-bond donors (Lipinski definition) is 2. The zero-order chi connectivity index (χ0) is 15.7. The molecule has 1 aromatic heterocycles. The molecule has 1 atom stereocenters.